The highest BCUT2D eigenvalue weighted by Gasteiger charge is 2.26. The van der Waals surface area contributed by atoms with Crippen molar-refractivity contribution in [1.82, 2.24) is 10.1 Å². The van der Waals surface area contributed by atoms with Crippen molar-refractivity contribution in [2.24, 2.45) is 0 Å². The summed E-state index contributed by atoms with van der Waals surface area (Å²) in [6, 6.07) is 5.91. The van der Waals surface area contributed by atoms with E-state index >= 15 is 0 Å². The van der Waals surface area contributed by atoms with Gasteiger partial charge in [0.15, 0.2) is 0 Å². The number of halogens is 1. The molecule has 0 bridgehead atoms. The van der Waals surface area contributed by atoms with E-state index in [1.165, 1.54) is 24.6 Å². The number of hydrogen-bond acceptors (Lipinski definition) is 4. The average molecular weight is 243 g/mol. The van der Waals surface area contributed by atoms with Gasteiger partial charge in [-0.2, -0.15) is 10.2 Å². The zero-order valence-corrected chi connectivity index (χ0v) is 9.56. The van der Waals surface area contributed by atoms with Gasteiger partial charge in [0.2, 0.25) is 11.7 Å². The minimum absolute atomic E-state index is 0.218. The first kappa shape index (κ1) is 10.9. The molecule has 5 heteroatoms. The van der Waals surface area contributed by atoms with Crippen molar-refractivity contribution in [1.29, 1.82) is 5.26 Å². The number of benzene rings is 1. The van der Waals surface area contributed by atoms with Crippen LogP contribution in [0.2, 0.25) is 0 Å². The van der Waals surface area contributed by atoms with Gasteiger partial charge in [0.1, 0.15) is 5.82 Å². The van der Waals surface area contributed by atoms with E-state index in [1.54, 1.807) is 0 Å². The molecule has 1 saturated carbocycles. The van der Waals surface area contributed by atoms with Gasteiger partial charge in [0.05, 0.1) is 11.6 Å². The molecule has 0 radical (unpaired) electrons. The third-order valence-electron chi connectivity index (χ3n) is 3.24. The van der Waals surface area contributed by atoms with Crippen molar-refractivity contribution in [3.63, 3.8) is 0 Å². The fraction of sp³-hybridized carbons (Fsp3) is 0.308. The first-order chi connectivity index (χ1) is 8.78. The minimum Gasteiger partial charge on any atom is -0.339 e. The van der Waals surface area contributed by atoms with E-state index in [0.717, 1.165) is 12.8 Å². The smallest absolute Gasteiger partial charge is 0.230 e. The van der Waals surface area contributed by atoms with E-state index in [9.17, 15) is 4.39 Å². The molecular weight excluding hydrogens is 233 g/mol. The van der Waals surface area contributed by atoms with Crippen LogP contribution in [0.1, 0.15) is 36.6 Å². The zero-order valence-electron chi connectivity index (χ0n) is 9.56. The Balaban J connectivity index is 1.99. The van der Waals surface area contributed by atoms with Gasteiger partial charge in [-0.3, -0.25) is 0 Å². The zero-order chi connectivity index (χ0) is 12.5. The second-order valence-corrected chi connectivity index (χ2v) is 4.39. The Hall–Kier alpha value is -2.22. The van der Waals surface area contributed by atoms with Gasteiger partial charge in [0.25, 0.3) is 0 Å². The Morgan fingerprint density at radius 3 is 2.89 bits per heavy atom. The number of rotatable bonds is 2. The van der Waals surface area contributed by atoms with Crippen LogP contribution in [0.4, 0.5) is 4.39 Å². The Bertz CT molecular complexity index is 625. The number of aromatic nitrogens is 2. The molecule has 0 amide bonds. The summed E-state index contributed by atoms with van der Waals surface area (Å²) in [5, 5.41) is 12.8. The van der Waals surface area contributed by atoms with E-state index in [2.05, 4.69) is 10.1 Å². The summed E-state index contributed by atoms with van der Waals surface area (Å²) >= 11 is 0. The summed E-state index contributed by atoms with van der Waals surface area (Å²) in [7, 11) is 0. The highest BCUT2D eigenvalue weighted by molar-refractivity contribution is 5.64. The van der Waals surface area contributed by atoms with E-state index in [4.69, 9.17) is 9.78 Å². The fourth-order valence-electron chi connectivity index (χ4n) is 1.97. The molecule has 90 valence electrons. The molecule has 0 saturated heterocycles. The van der Waals surface area contributed by atoms with Crippen LogP contribution in [-0.4, -0.2) is 10.1 Å². The van der Waals surface area contributed by atoms with Crippen molar-refractivity contribution in [2.45, 2.75) is 25.2 Å². The molecule has 1 aliphatic carbocycles. The molecule has 0 N–H and O–H groups in total. The van der Waals surface area contributed by atoms with Crippen LogP contribution in [0.5, 0.6) is 0 Å². The Morgan fingerprint density at radius 2 is 2.22 bits per heavy atom. The topological polar surface area (TPSA) is 62.7 Å². The van der Waals surface area contributed by atoms with Crippen LogP contribution in [0.3, 0.4) is 0 Å². The lowest BCUT2D eigenvalue weighted by Gasteiger charge is -2.20. The Labute approximate surface area is 103 Å². The van der Waals surface area contributed by atoms with Crippen molar-refractivity contribution in [3.05, 3.63) is 35.5 Å². The molecule has 1 aromatic carbocycles. The number of nitriles is 1. The second kappa shape index (κ2) is 4.22. The predicted octanol–water partition coefficient (Wildman–Crippen LogP) is 3.01. The summed E-state index contributed by atoms with van der Waals surface area (Å²) in [6.45, 7) is 0. The Kier molecular flexibility index (Phi) is 2.56. The molecule has 0 aliphatic heterocycles. The molecule has 1 aliphatic rings. The Morgan fingerprint density at radius 1 is 1.39 bits per heavy atom. The van der Waals surface area contributed by atoms with Crippen molar-refractivity contribution < 1.29 is 8.91 Å². The van der Waals surface area contributed by atoms with Gasteiger partial charge in [-0.25, -0.2) is 4.39 Å². The molecule has 3 rings (SSSR count). The standard InChI is InChI=1S/C13H10FN3O/c14-10-4-5-11(9(6-10)7-15)12-16-13(18-17-12)8-2-1-3-8/h4-6,8H,1-3H2. The van der Waals surface area contributed by atoms with E-state index in [0.29, 0.717) is 23.2 Å². The van der Waals surface area contributed by atoms with Gasteiger partial charge in [-0.1, -0.05) is 11.6 Å². The minimum atomic E-state index is -0.446. The summed E-state index contributed by atoms with van der Waals surface area (Å²) in [4.78, 5) is 4.29. The highest BCUT2D eigenvalue weighted by atomic mass is 19.1. The quantitative estimate of drug-likeness (QED) is 0.813. The second-order valence-electron chi connectivity index (χ2n) is 4.39. The number of hydrogen-bond donors (Lipinski definition) is 0. The molecule has 4 nitrogen and oxygen atoms in total. The molecular formula is C13H10FN3O. The summed E-state index contributed by atoms with van der Waals surface area (Å²) < 4.78 is 18.2. The summed E-state index contributed by atoms with van der Waals surface area (Å²) in [5.41, 5.74) is 0.726. The molecule has 0 atom stereocenters. The summed E-state index contributed by atoms with van der Waals surface area (Å²) in [6.07, 6.45) is 3.31. The van der Waals surface area contributed by atoms with Crippen LogP contribution in [0.25, 0.3) is 11.4 Å². The lowest BCUT2D eigenvalue weighted by molar-refractivity contribution is 0.292. The molecule has 1 aromatic heterocycles. The van der Waals surface area contributed by atoms with Crippen molar-refractivity contribution in [2.75, 3.05) is 0 Å². The molecule has 18 heavy (non-hydrogen) atoms. The SMILES string of the molecule is N#Cc1cc(F)ccc1-c1noc(C2CCC2)n1. The monoisotopic (exact) mass is 243 g/mol. The van der Waals surface area contributed by atoms with Crippen LogP contribution < -0.4 is 0 Å². The largest absolute Gasteiger partial charge is 0.339 e. The first-order valence-electron chi connectivity index (χ1n) is 5.81. The maximum atomic E-state index is 13.0. The van der Waals surface area contributed by atoms with E-state index in [-0.39, 0.29) is 5.56 Å². The van der Waals surface area contributed by atoms with Crippen LogP contribution in [0.15, 0.2) is 22.7 Å². The molecule has 0 unspecified atom stereocenters. The lowest BCUT2D eigenvalue weighted by Crippen LogP contribution is -2.08. The fourth-order valence-corrected chi connectivity index (χ4v) is 1.97. The van der Waals surface area contributed by atoms with Gasteiger partial charge < -0.3 is 4.52 Å². The molecule has 1 heterocycles. The third-order valence-corrected chi connectivity index (χ3v) is 3.24. The third kappa shape index (κ3) is 1.76. The maximum Gasteiger partial charge on any atom is 0.230 e. The van der Waals surface area contributed by atoms with Crippen LogP contribution in [-0.2, 0) is 0 Å². The lowest BCUT2D eigenvalue weighted by atomic mass is 9.85. The predicted molar refractivity (Wildman–Crippen MR) is 61.0 cm³/mol. The molecule has 2 aromatic rings. The van der Waals surface area contributed by atoms with Gasteiger partial charge >= 0.3 is 0 Å². The maximum absolute atomic E-state index is 13.0. The van der Waals surface area contributed by atoms with Crippen molar-refractivity contribution in [3.8, 4) is 17.5 Å². The molecule has 1 fully saturated rings. The van der Waals surface area contributed by atoms with Gasteiger partial charge in [0, 0.05) is 11.5 Å². The van der Waals surface area contributed by atoms with E-state index in [1.807, 2.05) is 6.07 Å². The highest BCUT2D eigenvalue weighted by Crippen LogP contribution is 2.36. The molecule has 0 spiro atoms. The number of nitrogens with zero attached hydrogens (tertiary/aromatic N) is 3. The van der Waals surface area contributed by atoms with Gasteiger partial charge in [-0.05, 0) is 31.0 Å². The van der Waals surface area contributed by atoms with Crippen molar-refractivity contribution >= 4 is 0 Å². The first-order valence-corrected chi connectivity index (χ1v) is 5.81. The normalized spacial score (nSPS) is 15.1. The van der Waals surface area contributed by atoms with Gasteiger partial charge in [-0.15, -0.1) is 0 Å². The van der Waals surface area contributed by atoms with Crippen LogP contribution in [0, 0.1) is 17.1 Å². The average Bonchev–Trinajstić information content (AvgIpc) is 2.75. The van der Waals surface area contributed by atoms with Crippen LogP contribution >= 0.6 is 0 Å². The summed E-state index contributed by atoms with van der Waals surface area (Å²) in [5.74, 6) is 0.869. The van der Waals surface area contributed by atoms with E-state index < -0.39 is 5.82 Å².